The Kier molecular flexibility index (Phi) is 6.47. The summed E-state index contributed by atoms with van der Waals surface area (Å²) in [7, 11) is 0. The fourth-order valence-electron chi connectivity index (χ4n) is 6.49. The standard InChI is InChI=1S/C32H31FN4O4/c1-31(2,19-33)28(38)36(26-12-11-21-8-3-4-9-23(21)26)14-6-7-20-15-22-16-32(17-25(22)35-18-20)24-10-5-13-34-27(24)37(29(32)39)30(40)41/h3-10,13,15,18,26H,11-12,14,16-17,19H2,1-2H3,(H,40,41)/t26-,32+/m1/s1. The van der Waals surface area contributed by atoms with Crippen LogP contribution in [0.4, 0.5) is 15.0 Å². The molecule has 2 aliphatic carbocycles. The molecule has 0 unspecified atom stereocenters. The van der Waals surface area contributed by atoms with Gasteiger partial charge in [0, 0.05) is 36.6 Å². The number of carbonyl (C=O) groups is 3. The van der Waals surface area contributed by atoms with E-state index in [0.717, 1.165) is 40.1 Å². The summed E-state index contributed by atoms with van der Waals surface area (Å²) in [5.74, 6) is -0.571. The number of hydrogen-bond donors (Lipinski definition) is 1. The maximum atomic E-state index is 13.9. The van der Waals surface area contributed by atoms with E-state index in [1.807, 2.05) is 36.4 Å². The number of fused-ring (bicyclic) bond motifs is 4. The number of aromatic nitrogens is 2. The van der Waals surface area contributed by atoms with Gasteiger partial charge < -0.3 is 10.0 Å². The van der Waals surface area contributed by atoms with E-state index in [1.54, 1.807) is 37.1 Å². The first-order valence-corrected chi connectivity index (χ1v) is 13.8. The highest BCUT2D eigenvalue weighted by Gasteiger charge is 2.57. The molecule has 2 atom stereocenters. The molecule has 1 spiro atoms. The van der Waals surface area contributed by atoms with Gasteiger partial charge in [-0.05, 0) is 67.5 Å². The predicted octanol–water partition coefficient (Wildman–Crippen LogP) is 5.06. The van der Waals surface area contributed by atoms with Crippen LogP contribution >= 0.6 is 0 Å². The molecule has 1 aliphatic heterocycles. The van der Waals surface area contributed by atoms with E-state index in [4.69, 9.17) is 0 Å². The van der Waals surface area contributed by atoms with Gasteiger partial charge >= 0.3 is 6.09 Å². The van der Waals surface area contributed by atoms with Gasteiger partial charge in [0.05, 0.1) is 16.9 Å². The molecular formula is C32H31FN4O4. The molecule has 8 nitrogen and oxygen atoms in total. The van der Waals surface area contributed by atoms with Gasteiger partial charge in [-0.2, -0.15) is 4.90 Å². The van der Waals surface area contributed by atoms with Gasteiger partial charge in [0.1, 0.15) is 12.5 Å². The van der Waals surface area contributed by atoms with Gasteiger partial charge in [-0.15, -0.1) is 0 Å². The minimum atomic E-state index is -1.35. The number of imide groups is 1. The second-order valence-electron chi connectivity index (χ2n) is 11.7. The third-order valence-corrected chi connectivity index (χ3v) is 8.62. The van der Waals surface area contributed by atoms with Crippen molar-refractivity contribution in [3.05, 3.63) is 94.4 Å². The average molecular weight is 555 g/mol. The van der Waals surface area contributed by atoms with Crippen LogP contribution in [0.15, 0.2) is 60.9 Å². The molecule has 3 aromatic rings. The van der Waals surface area contributed by atoms with Crippen LogP contribution in [0.5, 0.6) is 0 Å². The monoisotopic (exact) mass is 554 g/mol. The molecule has 3 heterocycles. The Bertz CT molecular complexity index is 1600. The van der Waals surface area contributed by atoms with Crippen LogP contribution in [0.2, 0.25) is 0 Å². The minimum Gasteiger partial charge on any atom is -0.464 e. The summed E-state index contributed by atoms with van der Waals surface area (Å²) in [6.07, 6.45) is 7.93. The van der Waals surface area contributed by atoms with Gasteiger partial charge in [-0.25, -0.2) is 14.2 Å². The maximum Gasteiger partial charge on any atom is 0.420 e. The third kappa shape index (κ3) is 4.31. The lowest BCUT2D eigenvalue weighted by Crippen LogP contribution is -2.43. The molecule has 0 radical (unpaired) electrons. The van der Waals surface area contributed by atoms with Crippen LogP contribution < -0.4 is 4.90 Å². The van der Waals surface area contributed by atoms with Crippen molar-refractivity contribution in [3.8, 4) is 0 Å². The lowest BCUT2D eigenvalue weighted by atomic mass is 9.79. The van der Waals surface area contributed by atoms with Gasteiger partial charge in [0.25, 0.3) is 0 Å². The highest BCUT2D eigenvalue weighted by Crippen LogP contribution is 2.48. The van der Waals surface area contributed by atoms with E-state index >= 15 is 0 Å². The van der Waals surface area contributed by atoms with E-state index in [-0.39, 0.29) is 17.8 Å². The number of carboxylic acid groups (broad SMARTS) is 1. The van der Waals surface area contributed by atoms with Crippen molar-refractivity contribution in [3.63, 3.8) is 0 Å². The van der Waals surface area contributed by atoms with Crippen LogP contribution in [-0.2, 0) is 34.3 Å². The number of anilines is 1. The Labute approximate surface area is 237 Å². The highest BCUT2D eigenvalue weighted by atomic mass is 19.1. The molecule has 1 aromatic carbocycles. The molecule has 2 aromatic heterocycles. The SMILES string of the molecule is CC(C)(CF)C(=O)N(CC=Cc1cnc2c(c1)C[C@@]1(C2)C(=O)N(C(=O)O)c2ncccc21)[C@@H]1CCc2ccccc21. The lowest BCUT2D eigenvalue weighted by molar-refractivity contribution is -0.143. The molecule has 0 saturated carbocycles. The van der Waals surface area contributed by atoms with E-state index in [1.165, 1.54) is 11.8 Å². The smallest absolute Gasteiger partial charge is 0.420 e. The highest BCUT2D eigenvalue weighted by molar-refractivity contribution is 6.20. The Morgan fingerprint density at radius 3 is 2.76 bits per heavy atom. The largest absolute Gasteiger partial charge is 0.464 e. The number of amides is 3. The Balaban J connectivity index is 1.25. The van der Waals surface area contributed by atoms with Crippen molar-refractivity contribution >= 4 is 29.8 Å². The fourth-order valence-corrected chi connectivity index (χ4v) is 6.49. The zero-order valence-corrected chi connectivity index (χ0v) is 23.0. The molecule has 41 heavy (non-hydrogen) atoms. The molecule has 3 amide bonds. The Hall–Kier alpha value is -4.40. The molecule has 3 aliphatic rings. The summed E-state index contributed by atoms with van der Waals surface area (Å²) in [5, 5.41) is 9.71. The molecule has 1 N–H and O–H groups in total. The molecule has 0 saturated heterocycles. The molecular weight excluding hydrogens is 523 g/mol. The first-order chi connectivity index (χ1) is 19.7. The van der Waals surface area contributed by atoms with E-state index in [2.05, 4.69) is 16.0 Å². The summed E-state index contributed by atoms with van der Waals surface area (Å²) < 4.78 is 13.9. The Morgan fingerprint density at radius 2 is 1.98 bits per heavy atom. The van der Waals surface area contributed by atoms with Crippen molar-refractivity contribution in [2.45, 2.75) is 51.0 Å². The van der Waals surface area contributed by atoms with Crippen molar-refractivity contribution in [1.82, 2.24) is 14.9 Å². The van der Waals surface area contributed by atoms with Crippen molar-refractivity contribution in [2.75, 3.05) is 18.1 Å². The van der Waals surface area contributed by atoms with Gasteiger partial charge in [-0.1, -0.05) is 42.5 Å². The van der Waals surface area contributed by atoms with E-state index in [9.17, 15) is 23.9 Å². The van der Waals surface area contributed by atoms with Gasteiger partial charge in [-0.3, -0.25) is 14.6 Å². The zero-order valence-electron chi connectivity index (χ0n) is 23.0. The normalized spacial score (nSPS) is 20.9. The van der Waals surface area contributed by atoms with Crippen LogP contribution in [0.3, 0.4) is 0 Å². The number of alkyl halides is 1. The summed E-state index contributed by atoms with van der Waals surface area (Å²) in [4.78, 5) is 50.1. The number of aryl methyl sites for hydroxylation is 1. The van der Waals surface area contributed by atoms with Crippen LogP contribution in [-0.4, -0.2) is 51.1 Å². The number of benzene rings is 1. The third-order valence-electron chi connectivity index (χ3n) is 8.62. The van der Waals surface area contributed by atoms with E-state index < -0.39 is 29.5 Å². The van der Waals surface area contributed by atoms with Crippen molar-refractivity contribution < 1.29 is 23.9 Å². The zero-order chi connectivity index (χ0) is 28.9. The number of hydrogen-bond acceptors (Lipinski definition) is 5. The topological polar surface area (TPSA) is 104 Å². The van der Waals surface area contributed by atoms with Gasteiger partial charge in [0.2, 0.25) is 11.8 Å². The molecule has 6 rings (SSSR count). The molecule has 0 bridgehead atoms. The van der Waals surface area contributed by atoms with E-state index in [0.29, 0.717) is 24.9 Å². The summed E-state index contributed by atoms with van der Waals surface area (Å²) >= 11 is 0. The quantitative estimate of drug-likeness (QED) is 0.457. The van der Waals surface area contributed by atoms with Crippen LogP contribution in [0.25, 0.3) is 6.08 Å². The number of nitrogens with zero attached hydrogens (tertiary/aromatic N) is 4. The average Bonchev–Trinajstić information content (AvgIpc) is 3.63. The van der Waals surface area contributed by atoms with Crippen molar-refractivity contribution in [1.29, 1.82) is 0 Å². The molecule has 210 valence electrons. The van der Waals surface area contributed by atoms with Crippen molar-refractivity contribution in [2.24, 2.45) is 5.41 Å². The molecule has 0 fully saturated rings. The first kappa shape index (κ1) is 26.8. The predicted molar refractivity (Wildman–Crippen MR) is 151 cm³/mol. The number of rotatable bonds is 6. The lowest BCUT2D eigenvalue weighted by Gasteiger charge is -2.34. The molecule has 9 heteroatoms. The minimum absolute atomic E-state index is 0.119. The Morgan fingerprint density at radius 1 is 1.17 bits per heavy atom. The maximum absolute atomic E-state index is 13.9. The van der Waals surface area contributed by atoms with Gasteiger partial charge in [0.15, 0.2) is 0 Å². The number of pyridine rings is 2. The first-order valence-electron chi connectivity index (χ1n) is 13.8. The summed E-state index contributed by atoms with van der Waals surface area (Å²) in [5.41, 5.74) is 3.18. The second kappa shape index (κ2) is 9.90. The van der Waals surface area contributed by atoms with Crippen LogP contribution in [0.1, 0.15) is 59.8 Å². The number of halogens is 1. The number of carbonyl (C=O) groups excluding carboxylic acids is 2. The summed E-state index contributed by atoms with van der Waals surface area (Å²) in [6.45, 7) is 2.84. The second-order valence-corrected chi connectivity index (χ2v) is 11.7. The van der Waals surface area contributed by atoms with Crippen LogP contribution in [0, 0.1) is 5.41 Å². The fraction of sp³-hybridized carbons (Fsp3) is 0.344. The summed E-state index contributed by atoms with van der Waals surface area (Å²) in [6, 6.07) is 13.4.